The molecule has 2 aromatic heterocycles. The topological polar surface area (TPSA) is 110 Å². The Kier molecular flexibility index (Phi) is 8.08. The number of halogens is 4. The Balaban J connectivity index is 0.000000423. The van der Waals surface area contributed by atoms with Crippen molar-refractivity contribution in [3.8, 4) is 11.3 Å². The number of carboxylic acid groups (broad SMARTS) is 1. The first kappa shape index (κ1) is 24.7. The molecule has 7 nitrogen and oxygen atoms in total. The molecule has 0 radical (unpaired) electrons. The Labute approximate surface area is 182 Å². The number of ether oxygens (including phenoxy) is 1. The van der Waals surface area contributed by atoms with E-state index in [2.05, 4.69) is 29.1 Å². The summed E-state index contributed by atoms with van der Waals surface area (Å²) in [6.07, 6.45) is -1.31. The Morgan fingerprint density at radius 2 is 2.06 bits per heavy atom. The minimum atomic E-state index is -5.08. The van der Waals surface area contributed by atoms with Crippen molar-refractivity contribution < 1.29 is 27.8 Å². The number of hydrogen-bond donors (Lipinski definition) is 3. The van der Waals surface area contributed by atoms with E-state index in [4.69, 9.17) is 32.0 Å². The Morgan fingerprint density at radius 3 is 2.65 bits per heavy atom. The van der Waals surface area contributed by atoms with Crippen molar-refractivity contribution in [1.29, 1.82) is 0 Å². The van der Waals surface area contributed by atoms with Gasteiger partial charge in [-0.2, -0.15) is 13.2 Å². The maximum atomic E-state index is 10.6. The molecule has 3 heterocycles. The molecular formula is C20H24ClF3N4O3. The number of anilines is 2. The molecule has 2 aromatic rings. The van der Waals surface area contributed by atoms with Crippen LogP contribution in [0.5, 0.6) is 0 Å². The van der Waals surface area contributed by atoms with Crippen LogP contribution >= 0.6 is 11.6 Å². The molecule has 170 valence electrons. The molecular weight excluding hydrogens is 437 g/mol. The van der Waals surface area contributed by atoms with E-state index in [9.17, 15) is 13.2 Å². The number of nitrogens with two attached hydrogens (primary N) is 1. The van der Waals surface area contributed by atoms with Gasteiger partial charge in [-0.1, -0.05) is 11.6 Å². The monoisotopic (exact) mass is 460 g/mol. The fourth-order valence-electron chi connectivity index (χ4n) is 3.12. The summed E-state index contributed by atoms with van der Waals surface area (Å²) in [6.45, 7) is 5.98. The van der Waals surface area contributed by atoms with Crippen molar-refractivity contribution in [3.63, 3.8) is 0 Å². The third-order valence-corrected chi connectivity index (χ3v) is 4.82. The lowest BCUT2D eigenvalue weighted by molar-refractivity contribution is -0.192. The highest BCUT2D eigenvalue weighted by atomic mass is 35.5. The van der Waals surface area contributed by atoms with E-state index in [1.54, 1.807) is 12.3 Å². The van der Waals surface area contributed by atoms with Crippen LogP contribution in [-0.2, 0) is 9.53 Å². The molecule has 0 bridgehead atoms. The van der Waals surface area contributed by atoms with Crippen molar-refractivity contribution in [3.05, 3.63) is 35.5 Å². The van der Waals surface area contributed by atoms with Crippen molar-refractivity contribution in [2.75, 3.05) is 24.2 Å². The van der Waals surface area contributed by atoms with Gasteiger partial charge in [-0.15, -0.1) is 0 Å². The van der Waals surface area contributed by atoms with E-state index in [1.165, 1.54) is 0 Å². The number of aliphatic carboxylic acids is 1. The van der Waals surface area contributed by atoms with Crippen LogP contribution in [0.25, 0.3) is 11.3 Å². The van der Waals surface area contributed by atoms with Gasteiger partial charge in [-0.05, 0) is 56.9 Å². The molecule has 1 unspecified atom stereocenters. The number of nitrogen functional groups attached to an aromatic ring is 1. The predicted molar refractivity (Wildman–Crippen MR) is 112 cm³/mol. The van der Waals surface area contributed by atoms with Gasteiger partial charge >= 0.3 is 12.1 Å². The Hall–Kier alpha value is -2.59. The Bertz CT molecular complexity index is 909. The first-order valence-corrected chi connectivity index (χ1v) is 9.81. The van der Waals surface area contributed by atoms with Gasteiger partial charge in [0.1, 0.15) is 11.6 Å². The quantitative estimate of drug-likeness (QED) is 0.610. The molecule has 11 heteroatoms. The van der Waals surface area contributed by atoms with Gasteiger partial charge in [0, 0.05) is 24.9 Å². The van der Waals surface area contributed by atoms with Crippen LogP contribution in [0.15, 0.2) is 30.5 Å². The van der Waals surface area contributed by atoms with Crippen LogP contribution in [0.3, 0.4) is 0 Å². The lowest BCUT2D eigenvalue weighted by atomic mass is 9.88. The molecule has 0 aliphatic carbocycles. The minimum Gasteiger partial charge on any atom is -0.475 e. The van der Waals surface area contributed by atoms with Crippen LogP contribution < -0.4 is 11.1 Å². The summed E-state index contributed by atoms with van der Waals surface area (Å²) < 4.78 is 37.5. The number of pyridine rings is 2. The number of carboxylic acids is 1. The van der Waals surface area contributed by atoms with Crippen LogP contribution in [0.1, 0.15) is 26.7 Å². The highest BCUT2D eigenvalue weighted by Crippen LogP contribution is 2.30. The van der Waals surface area contributed by atoms with Gasteiger partial charge < -0.3 is 20.9 Å². The van der Waals surface area contributed by atoms with Gasteiger partial charge in [0.25, 0.3) is 0 Å². The fraction of sp³-hybridized carbons (Fsp3) is 0.450. The smallest absolute Gasteiger partial charge is 0.475 e. The van der Waals surface area contributed by atoms with Gasteiger partial charge in [-0.3, -0.25) is 0 Å². The van der Waals surface area contributed by atoms with E-state index in [0.717, 1.165) is 37.4 Å². The van der Waals surface area contributed by atoms with Gasteiger partial charge in [0.05, 0.1) is 16.3 Å². The molecule has 0 spiro atoms. The summed E-state index contributed by atoms with van der Waals surface area (Å²) in [5, 5.41) is 11.2. The number of carbonyl (C=O) groups is 1. The van der Waals surface area contributed by atoms with Crippen LogP contribution in [-0.4, -0.2) is 46.0 Å². The number of alkyl halides is 3. The molecule has 0 aromatic carbocycles. The molecule has 1 atom stereocenters. The number of rotatable bonds is 4. The molecule has 1 saturated heterocycles. The Morgan fingerprint density at radius 1 is 1.39 bits per heavy atom. The lowest BCUT2D eigenvalue weighted by Gasteiger charge is -2.35. The summed E-state index contributed by atoms with van der Waals surface area (Å²) >= 11 is 6.30. The molecule has 1 aliphatic rings. The number of hydrogen-bond acceptors (Lipinski definition) is 6. The number of aromatic nitrogens is 2. The summed E-state index contributed by atoms with van der Waals surface area (Å²) in [6, 6.07) is 7.39. The largest absolute Gasteiger partial charge is 0.490 e. The molecule has 0 saturated carbocycles. The standard InChI is InChI=1S/C18H23ClN4O.C2HF3O2/c1-18(2)10-12(6-8-24-18)11-22-16-4-3-14(19)17(23-16)13-5-7-21-15(20)9-13;3-2(4,5)1(6)7/h3-5,7,9,12H,6,8,10-11H2,1-2H3,(H2,20,21)(H,22,23);(H,6,7). The first-order valence-electron chi connectivity index (χ1n) is 9.44. The normalized spacial score (nSPS) is 17.9. The summed E-state index contributed by atoms with van der Waals surface area (Å²) in [5.74, 6) is -0.916. The second-order valence-corrected chi connectivity index (χ2v) is 8.05. The molecule has 3 rings (SSSR count). The third kappa shape index (κ3) is 7.87. The predicted octanol–water partition coefficient (Wildman–Crippen LogP) is 4.63. The highest BCUT2D eigenvalue weighted by Gasteiger charge is 2.38. The highest BCUT2D eigenvalue weighted by molar-refractivity contribution is 6.33. The van der Waals surface area contributed by atoms with Crippen molar-refractivity contribution in [2.24, 2.45) is 5.92 Å². The van der Waals surface area contributed by atoms with E-state index < -0.39 is 12.1 Å². The SMILES string of the molecule is CC1(C)CC(CNc2ccc(Cl)c(-c3ccnc(N)c3)n2)CCO1.O=C(O)C(F)(F)F. The van der Waals surface area contributed by atoms with E-state index >= 15 is 0 Å². The van der Waals surface area contributed by atoms with E-state index in [-0.39, 0.29) is 5.60 Å². The van der Waals surface area contributed by atoms with Crippen molar-refractivity contribution in [2.45, 2.75) is 38.5 Å². The molecule has 1 aliphatic heterocycles. The van der Waals surface area contributed by atoms with Gasteiger partial charge in [-0.25, -0.2) is 14.8 Å². The van der Waals surface area contributed by atoms with E-state index in [1.807, 2.05) is 18.2 Å². The van der Waals surface area contributed by atoms with Crippen molar-refractivity contribution in [1.82, 2.24) is 9.97 Å². The van der Waals surface area contributed by atoms with Crippen LogP contribution in [0.2, 0.25) is 5.02 Å². The lowest BCUT2D eigenvalue weighted by Crippen LogP contribution is -2.36. The number of nitrogens with zero attached hydrogens (tertiary/aromatic N) is 2. The summed E-state index contributed by atoms with van der Waals surface area (Å²) in [5.41, 5.74) is 7.29. The maximum absolute atomic E-state index is 10.6. The molecule has 4 N–H and O–H groups in total. The van der Waals surface area contributed by atoms with Crippen LogP contribution in [0, 0.1) is 5.92 Å². The fourth-order valence-corrected chi connectivity index (χ4v) is 3.33. The average molecular weight is 461 g/mol. The zero-order valence-corrected chi connectivity index (χ0v) is 17.8. The average Bonchev–Trinajstić information content (AvgIpc) is 2.66. The van der Waals surface area contributed by atoms with Crippen LogP contribution in [0.4, 0.5) is 24.8 Å². The summed E-state index contributed by atoms with van der Waals surface area (Å²) in [4.78, 5) is 17.6. The van der Waals surface area contributed by atoms with Crippen molar-refractivity contribution >= 4 is 29.2 Å². The number of nitrogens with one attached hydrogen (secondary N) is 1. The van der Waals surface area contributed by atoms with Gasteiger partial charge in [0.15, 0.2) is 0 Å². The maximum Gasteiger partial charge on any atom is 0.490 e. The molecule has 31 heavy (non-hydrogen) atoms. The van der Waals surface area contributed by atoms with E-state index in [0.29, 0.717) is 22.5 Å². The third-order valence-electron chi connectivity index (χ3n) is 4.51. The second-order valence-electron chi connectivity index (χ2n) is 7.65. The van der Waals surface area contributed by atoms with Gasteiger partial charge in [0.2, 0.25) is 0 Å². The summed E-state index contributed by atoms with van der Waals surface area (Å²) in [7, 11) is 0. The first-order chi connectivity index (χ1) is 14.4. The molecule has 0 amide bonds. The minimum absolute atomic E-state index is 0.0439. The zero-order valence-electron chi connectivity index (χ0n) is 17.0. The molecule has 1 fully saturated rings. The zero-order chi connectivity index (χ0) is 23.2. The second kappa shape index (κ2) is 10.1.